The molecule has 4 heterocycles. The Morgan fingerprint density at radius 3 is 2.72 bits per heavy atom. The summed E-state index contributed by atoms with van der Waals surface area (Å²) in [6.07, 6.45) is 3.51. The topological polar surface area (TPSA) is 119 Å². The van der Waals surface area contributed by atoms with E-state index in [4.69, 9.17) is 14.5 Å². The summed E-state index contributed by atoms with van der Waals surface area (Å²) in [6, 6.07) is 19.5. The number of anilines is 2. The number of rotatable bonds is 9. The van der Waals surface area contributed by atoms with Crippen LogP contribution in [0, 0.1) is 35.4 Å². The first kappa shape index (κ1) is 31.5. The van der Waals surface area contributed by atoms with Gasteiger partial charge < -0.3 is 24.2 Å². The van der Waals surface area contributed by atoms with E-state index in [-0.39, 0.29) is 48.9 Å². The molecule has 2 aromatic heterocycles. The van der Waals surface area contributed by atoms with Crippen molar-refractivity contribution in [1.82, 2.24) is 14.9 Å². The number of carbonyl (C=O) groups is 1. The molecule has 2 aromatic carbocycles. The Bertz CT molecular complexity index is 1910. The Hall–Kier alpha value is -5.52. The Labute approximate surface area is 272 Å². The SMILES string of the molecule is C=CC(=O)N1CCN(c2c(C#N)c(OCOCc3ncccc3F)nc3c2CCN(c2cccc4cccc(C)c24)C3)C[C@@H]1CC#N. The number of fused-ring (bicyclic) bond motifs is 2. The van der Waals surface area contributed by atoms with Gasteiger partial charge >= 0.3 is 0 Å². The van der Waals surface area contributed by atoms with Crippen LogP contribution in [0.25, 0.3) is 10.8 Å². The molecule has 0 saturated carbocycles. The predicted octanol–water partition coefficient (Wildman–Crippen LogP) is 5.18. The largest absolute Gasteiger partial charge is 0.449 e. The highest BCUT2D eigenvalue weighted by atomic mass is 19.1. The van der Waals surface area contributed by atoms with Gasteiger partial charge in [-0.25, -0.2) is 9.37 Å². The molecular formula is C36H34FN7O3. The number of aromatic nitrogens is 2. The lowest BCUT2D eigenvalue weighted by molar-refractivity contribution is -0.128. The average Bonchev–Trinajstić information content (AvgIpc) is 3.09. The number of ether oxygens (including phenoxy) is 2. The molecule has 0 bridgehead atoms. The van der Waals surface area contributed by atoms with Gasteiger partial charge in [0.25, 0.3) is 0 Å². The van der Waals surface area contributed by atoms with Crippen LogP contribution in [0.4, 0.5) is 15.8 Å². The van der Waals surface area contributed by atoms with Crippen LogP contribution in [-0.4, -0.2) is 59.8 Å². The van der Waals surface area contributed by atoms with Gasteiger partial charge in [0.05, 0.1) is 43.1 Å². The van der Waals surface area contributed by atoms with E-state index in [1.54, 1.807) is 4.90 Å². The van der Waals surface area contributed by atoms with E-state index in [9.17, 15) is 19.7 Å². The molecule has 1 atom stereocenters. The number of benzene rings is 2. The Morgan fingerprint density at radius 2 is 1.96 bits per heavy atom. The molecule has 6 rings (SSSR count). The normalized spacial score (nSPS) is 15.9. The molecule has 2 aliphatic rings. The Kier molecular flexibility index (Phi) is 9.28. The summed E-state index contributed by atoms with van der Waals surface area (Å²) in [5.41, 5.74) is 5.09. The van der Waals surface area contributed by atoms with E-state index in [0.717, 1.165) is 22.3 Å². The van der Waals surface area contributed by atoms with E-state index >= 15 is 0 Å². The van der Waals surface area contributed by atoms with Crippen molar-refractivity contribution in [2.24, 2.45) is 0 Å². The van der Waals surface area contributed by atoms with Crippen LogP contribution >= 0.6 is 0 Å². The summed E-state index contributed by atoms with van der Waals surface area (Å²) in [5, 5.41) is 22.4. The number of nitriles is 2. The minimum atomic E-state index is -0.482. The maximum absolute atomic E-state index is 14.1. The second kappa shape index (κ2) is 13.9. The van der Waals surface area contributed by atoms with Gasteiger partial charge in [-0.1, -0.05) is 36.9 Å². The molecule has 4 aromatic rings. The zero-order chi connectivity index (χ0) is 32.9. The summed E-state index contributed by atoms with van der Waals surface area (Å²) in [6.45, 7) is 7.71. The fourth-order valence-corrected chi connectivity index (χ4v) is 6.57. The quantitative estimate of drug-likeness (QED) is 0.140. The van der Waals surface area contributed by atoms with Crippen LogP contribution in [0.5, 0.6) is 5.88 Å². The first-order chi connectivity index (χ1) is 22.9. The number of piperazine rings is 1. The van der Waals surface area contributed by atoms with Crippen molar-refractivity contribution in [2.75, 3.05) is 42.8 Å². The van der Waals surface area contributed by atoms with E-state index in [1.165, 1.54) is 35.4 Å². The first-order valence-electron chi connectivity index (χ1n) is 15.5. The lowest BCUT2D eigenvalue weighted by Crippen LogP contribution is -2.55. The van der Waals surface area contributed by atoms with Gasteiger partial charge in [0.15, 0.2) is 6.79 Å². The number of hydrogen-bond donors (Lipinski definition) is 0. The molecule has 11 heteroatoms. The zero-order valence-electron chi connectivity index (χ0n) is 26.2. The summed E-state index contributed by atoms with van der Waals surface area (Å²) < 4.78 is 25.7. The third-order valence-electron chi connectivity index (χ3n) is 8.77. The van der Waals surface area contributed by atoms with E-state index in [1.807, 2.05) is 0 Å². The van der Waals surface area contributed by atoms with E-state index in [2.05, 4.69) is 76.8 Å². The number of carbonyl (C=O) groups excluding carboxylic acids is 1. The van der Waals surface area contributed by atoms with E-state index in [0.29, 0.717) is 44.8 Å². The monoisotopic (exact) mass is 631 g/mol. The van der Waals surface area contributed by atoms with Crippen LogP contribution in [0.1, 0.15) is 34.5 Å². The van der Waals surface area contributed by atoms with E-state index < -0.39 is 5.82 Å². The molecule has 10 nitrogen and oxygen atoms in total. The minimum absolute atomic E-state index is 0.111. The Balaban J connectivity index is 1.36. The van der Waals surface area contributed by atoms with Crippen molar-refractivity contribution < 1.29 is 18.7 Å². The summed E-state index contributed by atoms with van der Waals surface area (Å²) >= 11 is 0. The molecule has 0 radical (unpaired) electrons. The molecule has 1 saturated heterocycles. The lowest BCUT2D eigenvalue weighted by Gasteiger charge is -2.43. The van der Waals surface area contributed by atoms with Crippen molar-refractivity contribution in [3.05, 3.63) is 101 Å². The van der Waals surface area contributed by atoms with Crippen molar-refractivity contribution >= 4 is 28.1 Å². The fourth-order valence-electron chi connectivity index (χ4n) is 6.57. The van der Waals surface area contributed by atoms with Crippen LogP contribution in [-0.2, 0) is 29.1 Å². The van der Waals surface area contributed by atoms with Gasteiger partial charge in [0.1, 0.15) is 23.1 Å². The van der Waals surface area contributed by atoms with Crippen LogP contribution in [0.3, 0.4) is 0 Å². The van der Waals surface area contributed by atoms with Crippen molar-refractivity contribution in [2.45, 2.75) is 39.0 Å². The van der Waals surface area contributed by atoms with Gasteiger partial charge in [-0.2, -0.15) is 10.5 Å². The van der Waals surface area contributed by atoms with Gasteiger partial charge in [0, 0.05) is 49.0 Å². The second-order valence-electron chi connectivity index (χ2n) is 11.5. The third kappa shape index (κ3) is 6.31. The smallest absolute Gasteiger partial charge is 0.246 e. The number of halogens is 1. The highest BCUT2D eigenvalue weighted by molar-refractivity contribution is 5.97. The number of amides is 1. The van der Waals surface area contributed by atoms with Crippen LogP contribution < -0.4 is 14.5 Å². The molecule has 1 fully saturated rings. The van der Waals surface area contributed by atoms with Crippen molar-refractivity contribution in [1.29, 1.82) is 10.5 Å². The average molecular weight is 632 g/mol. The summed E-state index contributed by atoms with van der Waals surface area (Å²) in [7, 11) is 0. The molecule has 0 aliphatic carbocycles. The standard InChI is InChI=1S/C36H34FN7O3/c1-3-33(45)44-18-17-43(20-26(44)12-14-38)35-27-13-16-42(32-11-5-9-25-8-4-7-24(2)34(25)32)21-30(27)41-36(28(35)19-39)47-23-46-22-31-29(37)10-6-15-40-31/h3-11,15,26H,1,12-13,16-18,20-23H2,2H3/t26-/m0/s1. The third-order valence-corrected chi connectivity index (χ3v) is 8.77. The molecule has 2 aliphatic heterocycles. The highest BCUT2D eigenvalue weighted by Crippen LogP contribution is 2.40. The van der Waals surface area contributed by atoms with Gasteiger partial charge in [0.2, 0.25) is 11.8 Å². The number of nitrogens with zero attached hydrogens (tertiary/aromatic N) is 7. The molecule has 238 valence electrons. The predicted molar refractivity (Wildman–Crippen MR) is 175 cm³/mol. The zero-order valence-corrected chi connectivity index (χ0v) is 26.2. The van der Waals surface area contributed by atoms with Crippen LogP contribution in [0.2, 0.25) is 0 Å². The maximum atomic E-state index is 14.1. The Morgan fingerprint density at radius 1 is 1.13 bits per heavy atom. The molecule has 1 amide bonds. The van der Waals surface area contributed by atoms with Gasteiger partial charge in [-0.3, -0.25) is 9.78 Å². The molecule has 0 unspecified atom stereocenters. The minimum Gasteiger partial charge on any atom is -0.449 e. The maximum Gasteiger partial charge on any atom is 0.246 e. The highest BCUT2D eigenvalue weighted by Gasteiger charge is 2.35. The van der Waals surface area contributed by atoms with Gasteiger partial charge in [-0.05, 0) is 48.6 Å². The van der Waals surface area contributed by atoms with Crippen molar-refractivity contribution in [3.8, 4) is 18.0 Å². The summed E-state index contributed by atoms with van der Waals surface area (Å²) in [4.78, 5) is 27.5. The number of pyridine rings is 2. The molecular weight excluding hydrogens is 597 g/mol. The summed E-state index contributed by atoms with van der Waals surface area (Å²) in [5.74, 6) is -0.599. The number of aryl methyl sites for hydroxylation is 1. The number of hydrogen-bond acceptors (Lipinski definition) is 9. The lowest BCUT2D eigenvalue weighted by atomic mass is 9.95. The molecule has 47 heavy (non-hydrogen) atoms. The first-order valence-corrected chi connectivity index (χ1v) is 15.5. The second-order valence-corrected chi connectivity index (χ2v) is 11.5. The van der Waals surface area contributed by atoms with Crippen molar-refractivity contribution in [3.63, 3.8) is 0 Å². The fraction of sp³-hybridized carbons (Fsp3) is 0.306. The molecule has 0 spiro atoms. The molecule has 0 N–H and O–H groups in total. The van der Waals surface area contributed by atoms with Crippen LogP contribution in [0.15, 0.2) is 67.4 Å². The van der Waals surface area contributed by atoms with Gasteiger partial charge in [-0.15, -0.1) is 0 Å².